The molecule has 2 amide bonds. The molecule has 136 valence electrons. The van der Waals surface area contributed by atoms with Crippen LogP contribution in [-0.2, 0) is 9.53 Å². The molecule has 3 rings (SSSR count). The van der Waals surface area contributed by atoms with Crippen molar-refractivity contribution in [2.75, 3.05) is 45.1 Å². The van der Waals surface area contributed by atoms with Gasteiger partial charge in [0.05, 0.1) is 6.10 Å². The Labute approximate surface area is 148 Å². The molecule has 2 fully saturated rings. The number of ether oxygens (including phenoxy) is 1. The zero-order chi connectivity index (χ0) is 17.8. The Morgan fingerprint density at radius 1 is 1.16 bits per heavy atom. The first-order valence-electron chi connectivity index (χ1n) is 8.81. The summed E-state index contributed by atoms with van der Waals surface area (Å²) < 4.78 is 5.59. The number of anilines is 1. The van der Waals surface area contributed by atoms with Gasteiger partial charge in [-0.15, -0.1) is 0 Å². The van der Waals surface area contributed by atoms with E-state index in [-0.39, 0.29) is 17.9 Å². The van der Waals surface area contributed by atoms with E-state index in [2.05, 4.69) is 17.3 Å². The molecular weight excluding hydrogens is 320 g/mol. The minimum Gasteiger partial charge on any atom is -0.364 e. The van der Waals surface area contributed by atoms with Crippen LogP contribution in [-0.4, -0.2) is 73.6 Å². The van der Waals surface area contributed by atoms with E-state index in [1.807, 2.05) is 4.90 Å². The highest BCUT2D eigenvalue weighted by Gasteiger charge is 2.29. The summed E-state index contributed by atoms with van der Waals surface area (Å²) in [5, 5.41) is 2.84. The zero-order valence-electron chi connectivity index (χ0n) is 14.6. The van der Waals surface area contributed by atoms with E-state index >= 15 is 0 Å². The van der Waals surface area contributed by atoms with Crippen LogP contribution < -0.4 is 11.1 Å². The summed E-state index contributed by atoms with van der Waals surface area (Å²) in [6, 6.07) is 7.04. The second-order valence-electron chi connectivity index (χ2n) is 6.72. The van der Waals surface area contributed by atoms with Crippen molar-refractivity contribution in [2.24, 2.45) is 5.73 Å². The fourth-order valence-corrected chi connectivity index (χ4v) is 3.18. The largest absolute Gasteiger partial charge is 0.364 e. The normalized spacial score (nSPS) is 24.3. The van der Waals surface area contributed by atoms with Crippen molar-refractivity contribution in [3.8, 4) is 0 Å². The van der Waals surface area contributed by atoms with Gasteiger partial charge in [0, 0.05) is 44.0 Å². The van der Waals surface area contributed by atoms with E-state index in [1.165, 1.54) is 0 Å². The lowest BCUT2D eigenvalue weighted by atomic mass is 10.1. The summed E-state index contributed by atoms with van der Waals surface area (Å²) >= 11 is 0. The van der Waals surface area contributed by atoms with Gasteiger partial charge in [-0.3, -0.25) is 9.59 Å². The Balaban J connectivity index is 1.55. The molecule has 7 heteroatoms. The number of nitrogens with zero attached hydrogens (tertiary/aromatic N) is 2. The zero-order valence-corrected chi connectivity index (χ0v) is 14.6. The van der Waals surface area contributed by atoms with Crippen LogP contribution >= 0.6 is 0 Å². The van der Waals surface area contributed by atoms with Crippen molar-refractivity contribution in [3.05, 3.63) is 29.8 Å². The second-order valence-corrected chi connectivity index (χ2v) is 6.72. The molecule has 1 aromatic carbocycles. The van der Waals surface area contributed by atoms with Crippen LogP contribution in [0.5, 0.6) is 0 Å². The highest BCUT2D eigenvalue weighted by molar-refractivity contribution is 5.97. The first-order valence-corrected chi connectivity index (χ1v) is 8.81. The minimum absolute atomic E-state index is 0.0284. The molecule has 2 atom stereocenters. The Morgan fingerprint density at radius 2 is 1.84 bits per heavy atom. The van der Waals surface area contributed by atoms with Gasteiger partial charge in [-0.25, -0.2) is 0 Å². The van der Waals surface area contributed by atoms with Crippen molar-refractivity contribution >= 4 is 17.5 Å². The van der Waals surface area contributed by atoms with E-state index in [0.29, 0.717) is 24.2 Å². The number of carbonyl (C=O) groups is 2. The SMILES string of the molecule is CN1CCN(C(=O)c2ccc(NC(=O)[C@@H]3CC[C@H](CN)O3)cc2)CC1. The third kappa shape index (κ3) is 4.36. The first kappa shape index (κ1) is 17.8. The van der Waals surface area contributed by atoms with Crippen LogP contribution in [0.25, 0.3) is 0 Å². The van der Waals surface area contributed by atoms with Crippen molar-refractivity contribution < 1.29 is 14.3 Å². The van der Waals surface area contributed by atoms with E-state index in [0.717, 1.165) is 32.6 Å². The van der Waals surface area contributed by atoms with Crippen LogP contribution in [0.15, 0.2) is 24.3 Å². The molecule has 2 aliphatic rings. The first-order chi connectivity index (χ1) is 12.1. The Hall–Kier alpha value is -1.96. The van der Waals surface area contributed by atoms with Gasteiger partial charge in [0.2, 0.25) is 0 Å². The highest BCUT2D eigenvalue weighted by Crippen LogP contribution is 2.21. The van der Waals surface area contributed by atoms with Gasteiger partial charge in [0.15, 0.2) is 0 Å². The fourth-order valence-electron chi connectivity index (χ4n) is 3.18. The summed E-state index contributed by atoms with van der Waals surface area (Å²) in [4.78, 5) is 28.8. The molecule has 0 aromatic heterocycles. The molecule has 0 unspecified atom stereocenters. The van der Waals surface area contributed by atoms with Gasteiger partial charge in [-0.1, -0.05) is 0 Å². The molecule has 25 heavy (non-hydrogen) atoms. The lowest BCUT2D eigenvalue weighted by Crippen LogP contribution is -2.47. The Bertz CT molecular complexity index is 611. The number of rotatable bonds is 4. The summed E-state index contributed by atoms with van der Waals surface area (Å²) in [6.07, 6.45) is 1.03. The molecule has 0 radical (unpaired) electrons. The number of amides is 2. The van der Waals surface area contributed by atoms with Gasteiger partial charge in [-0.2, -0.15) is 0 Å². The molecular formula is C18H26N4O3. The summed E-state index contributed by atoms with van der Waals surface area (Å²) in [5.74, 6) is -0.120. The Kier molecular flexibility index (Phi) is 5.67. The predicted molar refractivity (Wildman–Crippen MR) is 95.4 cm³/mol. The van der Waals surface area contributed by atoms with Crippen LogP contribution in [0.3, 0.4) is 0 Å². The van der Waals surface area contributed by atoms with Crippen molar-refractivity contribution in [1.29, 1.82) is 0 Å². The maximum atomic E-state index is 12.5. The number of carbonyl (C=O) groups excluding carboxylic acids is 2. The van der Waals surface area contributed by atoms with E-state index < -0.39 is 6.10 Å². The third-order valence-electron chi connectivity index (χ3n) is 4.85. The second kappa shape index (κ2) is 7.95. The number of likely N-dealkylation sites (N-methyl/N-ethyl adjacent to an activating group) is 1. The molecule has 1 aromatic rings. The topological polar surface area (TPSA) is 87.9 Å². The number of piperazine rings is 1. The number of nitrogens with two attached hydrogens (primary N) is 1. The number of hydrogen-bond donors (Lipinski definition) is 2. The van der Waals surface area contributed by atoms with Crippen molar-refractivity contribution in [3.63, 3.8) is 0 Å². The Morgan fingerprint density at radius 3 is 2.44 bits per heavy atom. The van der Waals surface area contributed by atoms with Crippen LogP contribution in [0, 0.1) is 0 Å². The maximum Gasteiger partial charge on any atom is 0.253 e. The lowest BCUT2D eigenvalue weighted by Gasteiger charge is -2.32. The quantitative estimate of drug-likeness (QED) is 0.830. The molecule has 2 saturated heterocycles. The van der Waals surface area contributed by atoms with Gasteiger partial charge < -0.3 is 25.6 Å². The van der Waals surface area contributed by atoms with Gasteiger partial charge in [0.1, 0.15) is 6.10 Å². The van der Waals surface area contributed by atoms with Crippen molar-refractivity contribution in [2.45, 2.75) is 25.0 Å². The minimum atomic E-state index is -0.444. The van der Waals surface area contributed by atoms with Gasteiger partial charge in [-0.05, 0) is 44.2 Å². The average molecular weight is 346 g/mol. The number of hydrogen-bond acceptors (Lipinski definition) is 5. The number of nitrogens with one attached hydrogen (secondary N) is 1. The van der Waals surface area contributed by atoms with E-state index in [4.69, 9.17) is 10.5 Å². The molecule has 0 spiro atoms. The van der Waals surface area contributed by atoms with Crippen LogP contribution in [0.1, 0.15) is 23.2 Å². The number of benzene rings is 1. The molecule has 0 bridgehead atoms. The van der Waals surface area contributed by atoms with E-state index in [1.54, 1.807) is 24.3 Å². The predicted octanol–water partition coefficient (Wildman–Crippen LogP) is 0.519. The molecule has 7 nitrogen and oxygen atoms in total. The van der Waals surface area contributed by atoms with E-state index in [9.17, 15) is 9.59 Å². The molecule has 3 N–H and O–H groups in total. The van der Waals surface area contributed by atoms with Crippen LogP contribution in [0.4, 0.5) is 5.69 Å². The smallest absolute Gasteiger partial charge is 0.253 e. The highest BCUT2D eigenvalue weighted by atomic mass is 16.5. The summed E-state index contributed by atoms with van der Waals surface area (Å²) in [5.41, 5.74) is 6.88. The monoisotopic (exact) mass is 346 g/mol. The maximum absolute atomic E-state index is 12.5. The molecule has 2 heterocycles. The third-order valence-corrected chi connectivity index (χ3v) is 4.85. The van der Waals surface area contributed by atoms with Crippen molar-refractivity contribution in [1.82, 2.24) is 9.80 Å². The molecule has 0 saturated carbocycles. The summed E-state index contributed by atoms with van der Waals surface area (Å²) in [6.45, 7) is 3.72. The lowest BCUT2D eigenvalue weighted by molar-refractivity contribution is -0.126. The molecule has 2 aliphatic heterocycles. The summed E-state index contributed by atoms with van der Waals surface area (Å²) in [7, 11) is 2.06. The average Bonchev–Trinajstić information content (AvgIpc) is 3.12. The van der Waals surface area contributed by atoms with Gasteiger partial charge in [0.25, 0.3) is 11.8 Å². The fraction of sp³-hybridized carbons (Fsp3) is 0.556. The van der Waals surface area contributed by atoms with Gasteiger partial charge >= 0.3 is 0 Å². The molecule has 0 aliphatic carbocycles. The standard InChI is InChI=1S/C18H26N4O3/c1-21-8-10-22(11-9-21)18(24)13-2-4-14(5-3-13)20-17(23)16-7-6-15(12-19)25-16/h2-5,15-16H,6-12,19H2,1H3,(H,20,23)/t15-,16+/m1/s1. The van der Waals surface area contributed by atoms with Crippen LogP contribution in [0.2, 0.25) is 0 Å².